The second-order valence-corrected chi connectivity index (χ2v) is 5.96. The molecule has 0 radical (unpaired) electrons. The van der Waals surface area contributed by atoms with Crippen LogP contribution in [0.15, 0.2) is 47.0 Å². The van der Waals surface area contributed by atoms with Gasteiger partial charge in [0.05, 0.1) is 13.2 Å². The van der Waals surface area contributed by atoms with Crippen molar-refractivity contribution in [2.45, 2.75) is 6.54 Å². The normalized spacial score (nSPS) is 15.4. The van der Waals surface area contributed by atoms with Crippen molar-refractivity contribution in [3.8, 4) is 23.0 Å². The first-order chi connectivity index (χ1) is 12.3. The maximum absolute atomic E-state index is 5.69. The number of hydrogen-bond donors (Lipinski definition) is 1. The molecule has 1 fully saturated rings. The summed E-state index contributed by atoms with van der Waals surface area (Å²) in [6.07, 6.45) is 0. The van der Waals surface area contributed by atoms with Gasteiger partial charge in [0.25, 0.3) is 5.89 Å². The number of aromatic nitrogens is 3. The molecule has 1 saturated heterocycles. The van der Waals surface area contributed by atoms with Crippen LogP contribution in [-0.2, 0) is 11.3 Å². The van der Waals surface area contributed by atoms with Crippen LogP contribution >= 0.6 is 0 Å². The van der Waals surface area contributed by atoms with Gasteiger partial charge in [0.15, 0.2) is 0 Å². The quantitative estimate of drug-likeness (QED) is 0.780. The zero-order valence-electron chi connectivity index (χ0n) is 13.8. The highest BCUT2D eigenvalue weighted by molar-refractivity contribution is 5.58. The number of pyridine rings is 1. The van der Waals surface area contributed by atoms with Gasteiger partial charge in [0, 0.05) is 25.2 Å². The molecule has 25 heavy (non-hydrogen) atoms. The lowest BCUT2D eigenvalue weighted by Gasteiger charge is -2.26. The van der Waals surface area contributed by atoms with E-state index >= 15 is 0 Å². The van der Waals surface area contributed by atoms with Crippen LogP contribution in [0.2, 0.25) is 0 Å². The van der Waals surface area contributed by atoms with Crippen LogP contribution in [0.25, 0.3) is 23.0 Å². The van der Waals surface area contributed by atoms with E-state index in [9.17, 15) is 0 Å². The second kappa shape index (κ2) is 7.00. The third-order valence-electron chi connectivity index (χ3n) is 4.14. The third-order valence-corrected chi connectivity index (χ3v) is 4.14. The molecule has 7 heteroatoms. The zero-order chi connectivity index (χ0) is 17.1. The third kappa shape index (κ3) is 3.67. The smallest absolute Gasteiger partial charge is 0.276 e. The summed E-state index contributed by atoms with van der Waals surface area (Å²) < 4.78 is 10.7. The molecule has 0 spiro atoms. The van der Waals surface area contributed by atoms with Crippen LogP contribution in [0.1, 0.15) is 5.56 Å². The molecule has 1 aromatic carbocycles. The van der Waals surface area contributed by atoms with E-state index in [2.05, 4.69) is 32.2 Å². The highest BCUT2D eigenvalue weighted by atomic mass is 16.5. The number of benzene rings is 1. The number of anilines is 1. The maximum atomic E-state index is 5.69. The molecule has 0 aliphatic carbocycles. The molecule has 0 bridgehead atoms. The zero-order valence-corrected chi connectivity index (χ0v) is 13.8. The van der Waals surface area contributed by atoms with Gasteiger partial charge in [-0.2, -0.15) is 4.98 Å². The van der Waals surface area contributed by atoms with Crippen LogP contribution in [0.3, 0.4) is 0 Å². The SMILES string of the molecule is Nc1cccc(-c2nc(-c3ccc(CN4CCOCC4)cc3)no2)n1. The molecule has 3 aromatic rings. The van der Waals surface area contributed by atoms with Crippen molar-refractivity contribution in [2.75, 3.05) is 32.0 Å². The van der Waals surface area contributed by atoms with Crippen molar-refractivity contribution >= 4 is 5.82 Å². The second-order valence-electron chi connectivity index (χ2n) is 5.96. The summed E-state index contributed by atoms with van der Waals surface area (Å²) in [6, 6.07) is 13.5. The number of nitrogens with zero attached hydrogens (tertiary/aromatic N) is 4. The standard InChI is InChI=1S/C18H19N5O2/c19-16-3-1-2-15(20-16)18-21-17(22-25-18)14-6-4-13(5-7-14)12-23-8-10-24-11-9-23/h1-7H,8-12H2,(H2,19,20). The monoisotopic (exact) mass is 337 g/mol. The summed E-state index contributed by atoms with van der Waals surface area (Å²) in [5, 5.41) is 4.04. The molecule has 1 aliphatic rings. The molecule has 3 heterocycles. The Morgan fingerprint density at radius 3 is 2.56 bits per heavy atom. The Bertz CT molecular complexity index is 841. The van der Waals surface area contributed by atoms with Gasteiger partial charge in [-0.25, -0.2) is 4.98 Å². The van der Waals surface area contributed by atoms with Crippen molar-refractivity contribution in [3.05, 3.63) is 48.0 Å². The van der Waals surface area contributed by atoms with Gasteiger partial charge >= 0.3 is 0 Å². The predicted octanol–water partition coefficient (Wildman–Crippen LogP) is 2.21. The first kappa shape index (κ1) is 15.7. The highest BCUT2D eigenvalue weighted by Gasteiger charge is 2.13. The van der Waals surface area contributed by atoms with Crippen LogP contribution in [0.5, 0.6) is 0 Å². The summed E-state index contributed by atoms with van der Waals surface area (Å²) >= 11 is 0. The molecule has 2 aromatic heterocycles. The molecule has 0 atom stereocenters. The van der Waals surface area contributed by atoms with Gasteiger partial charge in [0.1, 0.15) is 11.5 Å². The van der Waals surface area contributed by atoms with Crippen LogP contribution in [0, 0.1) is 0 Å². The Hall–Kier alpha value is -2.77. The Kier molecular flexibility index (Phi) is 4.41. The molecule has 2 N–H and O–H groups in total. The van der Waals surface area contributed by atoms with Crippen LogP contribution < -0.4 is 5.73 Å². The molecule has 0 unspecified atom stereocenters. The van der Waals surface area contributed by atoms with E-state index in [-0.39, 0.29) is 0 Å². The molecule has 4 rings (SSSR count). The van der Waals surface area contributed by atoms with E-state index < -0.39 is 0 Å². The minimum absolute atomic E-state index is 0.361. The molecular weight excluding hydrogens is 318 g/mol. The average Bonchev–Trinajstić information content (AvgIpc) is 3.13. The van der Waals surface area contributed by atoms with E-state index in [0.717, 1.165) is 38.4 Å². The molecule has 0 saturated carbocycles. The number of nitrogens with two attached hydrogens (primary N) is 1. The van der Waals surface area contributed by atoms with Gasteiger partial charge in [-0.1, -0.05) is 35.5 Å². The number of rotatable bonds is 4. The minimum atomic E-state index is 0.361. The molecule has 1 aliphatic heterocycles. The van der Waals surface area contributed by atoms with Gasteiger partial charge in [-0.15, -0.1) is 0 Å². The van der Waals surface area contributed by atoms with Gasteiger partial charge in [-0.3, -0.25) is 4.90 Å². The number of hydrogen-bond acceptors (Lipinski definition) is 7. The topological polar surface area (TPSA) is 90.3 Å². The van der Waals surface area contributed by atoms with Crippen molar-refractivity contribution < 1.29 is 9.26 Å². The summed E-state index contributed by atoms with van der Waals surface area (Å²) in [6.45, 7) is 4.49. The highest BCUT2D eigenvalue weighted by Crippen LogP contribution is 2.22. The summed E-state index contributed by atoms with van der Waals surface area (Å²) in [7, 11) is 0. The van der Waals surface area contributed by atoms with Crippen molar-refractivity contribution in [3.63, 3.8) is 0 Å². The predicted molar refractivity (Wildman–Crippen MR) is 93.5 cm³/mol. The van der Waals surface area contributed by atoms with Crippen molar-refractivity contribution in [1.82, 2.24) is 20.0 Å². The van der Waals surface area contributed by atoms with Gasteiger partial charge in [0.2, 0.25) is 5.82 Å². The fourth-order valence-electron chi connectivity index (χ4n) is 2.79. The molecular formula is C18H19N5O2. The lowest BCUT2D eigenvalue weighted by molar-refractivity contribution is 0.0342. The Labute approximate surface area is 145 Å². The van der Waals surface area contributed by atoms with Crippen LogP contribution in [0.4, 0.5) is 5.82 Å². The van der Waals surface area contributed by atoms with Gasteiger partial charge in [-0.05, 0) is 17.7 Å². The van der Waals surface area contributed by atoms with Gasteiger partial charge < -0.3 is 15.0 Å². The summed E-state index contributed by atoms with van der Waals surface area (Å²) in [5.74, 6) is 1.32. The van der Waals surface area contributed by atoms with Crippen molar-refractivity contribution in [2.24, 2.45) is 0 Å². The number of morpholine rings is 1. The van der Waals surface area contributed by atoms with E-state index in [1.807, 2.05) is 18.2 Å². The molecule has 7 nitrogen and oxygen atoms in total. The average molecular weight is 337 g/mol. The van der Waals surface area contributed by atoms with E-state index in [4.69, 9.17) is 15.0 Å². The van der Waals surface area contributed by atoms with Crippen molar-refractivity contribution in [1.29, 1.82) is 0 Å². The fourth-order valence-corrected chi connectivity index (χ4v) is 2.79. The van der Waals surface area contributed by atoms with E-state index in [1.54, 1.807) is 12.1 Å². The number of nitrogen functional groups attached to an aromatic ring is 1. The lowest BCUT2D eigenvalue weighted by atomic mass is 10.1. The molecule has 0 amide bonds. The Morgan fingerprint density at radius 2 is 1.80 bits per heavy atom. The molecule has 128 valence electrons. The fraction of sp³-hybridized carbons (Fsp3) is 0.278. The Morgan fingerprint density at radius 1 is 1.00 bits per heavy atom. The first-order valence-corrected chi connectivity index (χ1v) is 8.24. The summed E-state index contributed by atoms with van der Waals surface area (Å²) in [4.78, 5) is 11.0. The largest absolute Gasteiger partial charge is 0.384 e. The van der Waals surface area contributed by atoms with E-state index in [1.165, 1.54) is 5.56 Å². The minimum Gasteiger partial charge on any atom is -0.384 e. The first-order valence-electron chi connectivity index (χ1n) is 8.24. The lowest BCUT2D eigenvalue weighted by Crippen LogP contribution is -2.35. The number of ether oxygens (including phenoxy) is 1. The Balaban J connectivity index is 1.48. The maximum Gasteiger partial charge on any atom is 0.276 e. The summed E-state index contributed by atoms with van der Waals surface area (Å²) in [5.41, 5.74) is 8.43. The van der Waals surface area contributed by atoms with Crippen LogP contribution in [-0.4, -0.2) is 46.3 Å². The van der Waals surface area contributed by atoms with E-state index in [0.29, 0.717) is 23.2 Å².